The van der Waals surface area contributed by atoms with Crippen LogP contribution >= 0.6 is 0 Å². The van der Waals surface area contributed by atoms with Crippen LogP contribution in [0, 0.1) is 0 Å². The van der Waals surface area contributed by atoms with Gasteiger partial charge in [-0.2, -0.15) is 4.31 Å². The molecule has 0 radical (unpaired) electrons. The zero-order valence-electron chi connectivity index (χ0n) is 13.7. The van der Waals surface area contributed by atoms with Gasteiger partial charge in [0.05, 0.1) is 12.0 Å². The maximum atomic E-state index is 12.9. The molecule has 25 heavy (non-hydrogen) atoms. The molecule has 0 saturated carbocycles. The Balaban J connectivity index is 1.67. The van der Waals surface area contributed by atoms with Crippen LogP contribution in [0.25, 0.3) is 11.0 Å². The van der Waals surface area contributed by atoms with Gasteiger partial charge >= 0.3 is 0 Å². The summed E-state index contributed by atoms with van der Waals surface area (Å²) in [6.07, 6.45) is 2.29. The molecule has 2 aromatic heterocycles. The number of methoxy groups -OCH3 is 1. The van der Waals surface area contributed by atoms with Crippen LogP contribution in [-0.4, -0.2) is 36.3 Å². The highest BCUT2D eigenvalue weighted by Crippen LogP contribution is 2.27. The van der Waals surface area contributed by atoms with E-state index < -0.39 is 10.0 Å². The summed E-state index contributed by atoms with van der Waals surface area (Å²) in [5, 5.41) is 0.921. The van der Waals surface area contributed by atoms with Gasteiger partial charge in [-0.05, 0) is 48.0 Å². The van der Waals surface area contributed by atoms with Gasteiger partial charge in [-0.15, -0.1) is 0 Å². The number of benzene rings is 1. The zero-order chi connectivity index (χ0) is 17.4. The Morgan fingerprint density at radius 1 is 1.16 bits per heavy atom. The number of nitrogens with zero attached hydrogens (tertiary/aromatic N) is 3. The highest BCUT2D eigenvalue weighted by atomic mass is 32.2. The second-order valence-corrected chi connectivity index (χ2v) is 7.85. The number of pyridine rings is 2. The van der Waals surface area contributed by atoms with Crippen LogP contribution in [0.1, 0.15) is 11.3 Å². The molecule has 1 aromatic carbocycles. The van der Waals surface area contributed by atoms with E-state index in [4.69, 9.17) is 4.74 Å². The van der Waals surface area contributed by atoms with Crippen LogP contribution in [0.15, 0.2) is 53.6 Å². The summed E-state index contributed by atoms with van der Waals surface area (Å²) in [5.41, 5.74) is 2.56. The van der Waals surface area contributed by atoms with Crippen LogP contribution in [0.4, 0.5) is 0 Å². The average Bonchev–Trinajstić information content (AvgIpc) is 2.66. The molecule has 0 aliphatic carbocycles. The van der Waals surface area contributed by atoms with E-state index in [0.717, 1.165) is 16.6 Å². The molecule has 3 heterocycles. The van der Waals surface area contributed by atoms with Gasteiger partial charge in [0.2, 0.25) is 10.0 Å². The molecule has 1 aliphatic rings. The number of hydrogen-bond acceptors (Lipinski definition) is 5. The van der Waals surface area contributed by atoms with Gasteiger partial charge in [-0.3, -0.25) is 0 Å². The molecule has 0 spiro atoms. The number of sulfonamides is 1. The first kappa shape index (κ1) is 16.0. The van der Waals surface area contributed by atoms with Gasteiger partial charge in [0.1, 0.15) is 5.75 Å². The average molecular weight is 355 g/mol. The summed E-state index contributed by atoms with van der Waals surface area (Å²) < 4.78 is 32.4. The maximum Gasteiger partial charge on any atom is 0.243 e. The van der Waals surface area contributed by atoms with E-state index in [1.165, 1.54) is 4.31 Å². The predicted octanol–water partition coefficient (Wildman–Crippen LogP) is 2.39. The predicted molar refractivity (Wildman–Crippen MR) is 93.8 cm³/mol. The Hall–Kier alpha value is -2.51. The van der Waals surface area contributed by atoms with E-state index in [0.29, 0.717) is 30.9 Å². The molecule has 0 amide bonds. The molecule has 0 N–H and O–H groups in total. The van der Waals surface area contributed by atoms with Crippen molar-refractivity contribution in [3.63, 3.8) is 0 Å². The Labute approximate surface area is 146 Å². The van der Waals surface area contributed by atoms with Gasteiger partial charge in [-0.1, -0.05) is 0 Å². The van der Waals surface area contributed by atoms with Crippen molar-refractivity contribution in [3.8, 4) is 5.75 Å². The minimum atomic E-state index is -3.55. The highest BCUT2D eigenvalue weighted by molar-refractivity contribution is 7.89. The molecule has 128 valence electrons. The monoisotopic (exact) mass is 355 g/mol. The van der Waals surface area contributed by atoms with Crippen molar-refractivity contribution in [1.82, 2.24) is 14.3 Å². The first-order chi connectivity index (χ1) is 12.1. The third-order valence-corrected chi connectivity index (χ3v) is 6.26. The first-order valence-electron chi connectivity index (χ1n) is 7.96. The summed E-state index contributed by atoms with van der Waals surface area (Å²) in [5.74, 6) is 0.631. The highest BCUT2D eigenvalue weighted by Gasteiger charge is 2.29. The molecule has 7 heteroatoms. The van der Waals surface area contributed by atoms with Crippen molar-refractivity contribution < 1.29 is 13.2 Å². The largest absolute Gasteiger partial charge is 0.497 e. The summed E-state index contributed by atoms with van der Waals surface area (Å²) in [7, 11) is -2.00. The normalized spacial score (nSPS) is 15.1. The molecule has 6 nitrogen and oxygen atoms in total. The molecule has 0 unspecified atom stereocenters. The molecule has 0 atom stereocenters. The lowest BCUT2D eigenvalue weighted by Gasteiger charge is -2.27. The van der Waals surface area contributed by atoms with Gasteiger partial charge in [-0.25, -0.2) is 18.4 Å². The quantitative estimate of drug-likeness (QED) is 0.721. The van der Waals surface area contributed by atoms with E-state index >= 15 is 0 Å². The minimum Gasteiger partial charge on any atom is -0.497 e. The van der Waals surface area contributed by atoms with Crippen molar-refractivity contribution in [2.24, 2.45) is 0 Å². The van der Waals surface area contributed by atoms with Gasteiger partial charge in [0.25, 0.3) is 0 Å². The smallest absolute Gasteiger partial charge is 0.243 e. The topological polar surface area (TPSA) is 72.4 Å². The van der Waals surface area contributed by atoms with Crippen LogP contribution in [0.2, 0.25) is 0 Å². The van der Waals surface area contributed by atoms with Crippen molar-refractivity contribution in [3.05, 3.63) is 59.9 Å². The zero-order valence-corrected chi connectivity index (χ0v) is 14.5. The van der Waals surface area contributed by atoms with E-state index in [1.54, 1.807) is 37.6 Å². The second-order valence-electron chi connectivity index (χ2n) is 5.91. The first-order valence-corrected chi connectivity index (χ1v) is 9.40. The summed E-state index contributed by atoms with van der Waals surface area (Å²) in [6, 6.07) is 12.2. The fourth-order valence-electron chi connectivity index (χ4n) is 3.04. The molecule has 4 rings (SSSR count). The summed E-state index contributed by atoms with van der Waals surface area (Å²) >= 11 is 0. The SMILES string of the molecule is COc1ccc(S(=O)(=O)N2CCc3nc4ncccc4cc3C2)cc1. The van der Waals surface area contributed by atoms with Crippen molar-refractivity contribution >= 4 is 21.1 Å². The Morgan fingerprint density at radius 2 is 1.96 bits per heavy atom. The molecular weight excluding hydrogens is 338 g/mol. The van der Waals surface area contributed by atoms with Gasteiger partial charge < -0.3 is 4.74 Å². The number of aromatic nitrogens is 2. The van der Waals surface area contributed by atoms with Crippen LogP contribution < -0.4 is 4.74 Å². The van der Waals surface area contributed by atoms with E-state index in [9.17, 15) is 8.42 Å². The third kappa shape index (κ3) is 2.85. The number of hydrogen-bond donors (Lipinski definition) is 0. The third-order valence-electron chi connectivity index (χ3n) is 4.40. The second kappa shape index (κ2) is 6.09. The van der Waals surface area contributed by atoms with E-state index in [2.05, 4.69) is 9.97 Å². The van der Waals surface area contributed by atoms with E-state index in [1.807, 2.05) is 18.2 Å². The minimum absolute atomic E-state index is 0.271. The van der Waals surface area contributed by atoms with Crippen LogP contribution in [-0.2, 0) is 23.0 Å². The Morgan fingerprint density at radius 3 is 2.72 bits per heavy atom. The summed E-state index contributed by atoms with van der Waals surface area (Å²) in [6.45, 7) is 0.730. The van der Waals surface area contributed by atoms with Crippen molar-refractivity contribution in [2.45, 2.75) is 17.9 Å². The molecule has 0 fully saturated rings. The number of fused-ring (bicyclic) bond motifs is 2. The Bertz CT molecular complexity index is 1030. The lowest BCUT2D eigenvalue weighted by atomic mass is 10.1. The number of ether oxygens (including phenoxy) is 1. The van der Waals surface area contributed by atoms with Crippen LogP contribution in [0.3, 0.4) is 0 Å². The summed E-state index contributed by atoms with van der Waals surface area (Å²) in [4.78, 5) is 9.12. The standard InChI is InChI=1S/C18H17N3O3S/c1-24-15-4-6-16(7-5-15)25(22,23)21-10-8-17-14(12-21)11-13-3-2-9-19-18(13)20-17/h2-7,9,11H,8,10,12H2,1H3. The number of rotatable bonds is 3. The maximum absolute atomic E-state index is 12.9. The molecule has 0 saturated heterocycles. The van der Waals surface area contributed by atoms with Crippen molar-refractivity contribution in [2.75, 3.05) is 13.7 Å². The van der Waals surface area contributed by atoms with Crippen LogP contribution in [0.5, 0.6) is 5.75 Å². The van der Waals surface area contributed by atoms with Gasteiger partial charge in [0, 0.05) is 36.8 Å². The lowest BCUT2D eigenvalue weighted by Crippen LogP contribution is -2.36. The molecular formula is C18H17N3O3S. The fraction of sp³-hybridized carbons (Fsp3) is 0.222. The molecule has 0 bridgehead atoms. The lowest BCUT2D eigenvalue weighted by molar-refractivity contribution is 0.388. The molecule has 1 aliphatic heterocycles. The molecule has 3 aromatic rings. The van der Waals surface area contributed by atoms with Crippen molar-refractivity contribution in [1.29, 1.82) is 0 Å². The fourth-order valence-corrected chi connectivity index (χ4v) is 4.46. The van der Waals surface area contributed by atoms with E-state index in [-0.39, 0.29) is 4.90 Å². The van der Waals surface area contributed by atoms with Gasteiger partial charge in [0.15, 0.2) is 5.65 Å². The Kier molecular flexibility index (Phi) is 3.89.